The van der Waals surface area contributed by atoms with E-state index in [2.05, 4.69) is 16.0 Å². The van der Waals surface area contributed by atoms with Crippen LogP contribution in [0.1, 0.15) is 12.0 Å². The van der Waals surface area contributed by atoms with Crippen molar-refractivity contribution >= 4 is 22.6 Å². The van der Waals surface area contributed by atoms with Crippen LogP contribution in [-0.4, -0.2) is 37.5 Å². The summed E-state index contributed by atoms with van der Waals surface area (Å²) in [6.07, 6.45) is 1.22. The van der Waals surface area contributed by atoms with Gasteiger partial charge in [-0.25, -0.2) is 0 Å². The first-order chi connectivity index (χ1) is 11.2. The number of amides is 2. The number of hydrogen-bond acceptors (Lipinski definition) is 3. The Balaban J connectivity index is 1.53. The summed E-state index contributed by atoms with van der Waals surface area (Å²) in [5, 5.41) is 11.0. The Morgan fingerprint density at radius 2 is 1.91 bits per heavy atom. The summed E-state index contributed by atoms with van der Waals surface area (Å²) < 4.78 is 0. The molecule has 1 aliphatic rings. The van der Waals surface area contributed by atoms with Gasteiger partial charge < -0.3 is 16.0 Å². The van der Waals surface area contributed by atoms with Gasteiger partial charge in [-0.2, -0.15) is 0 Å². The molecule has 1 atom stereocenters. The molecule has 2 aromatic rings. The molecule has 5 nitrogen and oxygen atoms in total. The van der Waals surface area contributed by atoms with Gasteiger partial charge in [0.15, 0.2) is 0 Å². The zero-order valence-corrected chi connectivity index (χ0v) is 13.0. The van der Waals surface area contributed by atoms with E-state index in [1.807, 2.05) is 42.5 Å². The highest BCUT2D eigenvalue weighted by molar-refractivity contribution is 5.91. The Bertz CT molecular complexity index is 703. The Morgan fingerprint density at radius 1 is 1.09 bits per heavy atom. The van der Waals surface area contributed by atoms with Crippen LogP contribution < -0.4 is 16.0 Å². The summed E-state index contributed by atoms with van der Waals surface area (Å²) >= 11 is 0. The zero-order chi connectivity index (χ0) is 16.1. The van der Waals surface area contributed by atoms with Gasteiger partial charge in [-0.05, 0) is 29.3 Å². The van der Waals surface area contributed by atoms with E-state index < -0.39 is 0 Å². The number of carbonyl (C=O) groups is 2. The summed E-state index contributed by atoms with van der Waals surface area (Å²) in [5.41, 5.74) is 0.973. The van der Waals surface area contributed by atoms with Crippen LogP contribution in [0.2, 0.25) is 0 Å². The SMILES string of the molecule is O=C(Cc1cccc2ccccc12)NCC(=O)NC1CCNC1. The fourth-order valence-corrected chi connectivity index (χ4v) is 2.92. The second kappa shape index (κ2) is 7.24. The van der Waals surface area contributed by atoms with Crippen molar-refractivity contribution in [1.82, 2.24) is 16.0 Å². The van der Waals surface area contributed by atoms with Crippen molar-refractivity contribution in [2.45, 2.75) is 18.9 Å². The van der Waals surface area contributed by atoms with E-state index in [0.29, 0.717) is 0 Å². The third-order valence-electron chi connectivity index (χ3n) is 4.10. The van der Waals surface area contributed by atoms with E-state index in [1.54, 1.807) is 0 Å². The maximum atomic E-state index is 12.1. The molecule has 0 spiro atoms. The minimum Gasteiger partial charge on any atom is -0.351 e. The highest BCUT2D eigenvalue weighted by Gasteiger charge is 2.16. The molecular formula is C18H21N3O2. The molecule has 2 amide bonds. The molecular weight excluding hydrogens is 290 g/mol. The lowest BCUT2D eigenvalue weighted by Crippen LogP contribution is -2.43. The Hall–Kier alpha value is -2.40. The molecule has 1 saturated heterocycles. The second-order valence-corrected chi connectivity index (χ2v) is 5.85. The van der Waals surface area contributed by atoms with Gasteiger partial charge in [0.1, 0.15) is 0 Å². The zero-order valence-electron chi connectivity index (χ0n) is 13.0. The number of hydrogen-bond donors (Lipinski definition) is 3. The van der Waals surface area contributed by atoms with E-state index in [4.69, 9.17) is 0 Å². The Labute approximate surface area is 135 Å². The molecule has 1 heterocycles. The van der Waals surface area contributed by atoms with Crippen LogP contribution in [-0.2, 0) is 16.0 Å². The molecule has 0 aromatic heterocycles. The molecule has 3 rings (SSSR count). The smallest absolute Gasteiger partial charge is 0.239 e. The van der Waals surface area contributed by atoms with Crippen molar-refractivity contribution in [3.05, 3.63) is 48.0 Å². The highest BCUT2D eigenvalue weighted by Crippen LogP contribution is 2.18. The van der Waals surface area contributed by atoms with Gasteiger partial charge >= 0.3 is 0 Å². The van der Waals surface area contributed by atoms with Crippen molar-refractivity contribution < 1.29 is 9.59 Å². The normalized spacial score (nSPS) is 17.1. The number of benzene rings is 2. The van der Waals surface area contributed by atoms with Gasteiger partial charge in [0.05, 0.1) is 13.0 Å². The summed E-state index contributed by atoms with van der Waals surface area (Å²) in [5.74, 6) is -0.272. The number of carbonyl (C=O) groups excluding carboxylic acids is 2. The van der Waals surface area contributed by atoms with Gasteiger partial charge in [0.2, 0.25) is 11.8 Å². The van der Waals surface area contributed by atoms with E-state index >= 15 is 0 Å². The lowest BCUT2D eigenvalue weighted by Gasteiger charge is -2.12. The van der Waals surface area contributed by atoms with Crippen LogP contribution in [0, 0.1) is 0 Å². The summed E-state index contributed by atoms with van der Waals surface area (Å²) in [4.78, 5) is 23.9. The van der Waals surface area contributed by atoms with Crippen LogP contribution in [0.4, 0.5) is 0 Å². The molecule has 1 aliphatic heterocycles. The van der Waals surface area contributed by atoms with Gasteiger partial charge in [-0.15, -0.1) is 0 Å². The third kappa shape index (κ3) is 4.07. The lowest BCUT2D eigenvalue weighted by molar-refractivity contribution is -0.126. The maximum Gasteiger partial charge on any atom is 0.239 e. The van der Waals surface area contributed by atoms with Crippen LogP contribution in [0.15, 0.2) is 42.5 Å². The van der Waals surface area contributed by atoms with Crippen LogP contribution in [0.3, 0.4) is 0 Å². The molecule has 3 N–H and O–H groups in total. The molecule has 23 heavy (non-hydrogen) atoms. The van der Waals surface area contributed by atoms with E-state index in [1.165, 1.54) is 0 Å². The van der Waals surface area contributed by atoms with Crippen molar-refractivity contribution in [2.24, 2.45) is 0 Å². The second-order valence-electron chi connectivity index (χ2n) is 5.85. The standard InChI is InChI=1S/C18H21N3O2/c22-17(20-12-18(23)21-15-8-9-19-11-15)10-14-6-3-5-13-4-1-2-7-16(13)14/h1-7,15,19H,8-12H2,(H,20,22)(H,21,23). The molecule has 1 unspecified atom stereocenters. The number of fused-ring (bicyclic) bond motifs is 1. The lowest BCUT2D eigenvalue weighted by atomic mass is 10.0. The topological polar surface area (TPSA) is 70.2 Å². The van der Waals surface area contributed by atoms with Crippen molar-refractivity contribution in [3.8, 4) is 0 Å². The molecule has 0 aliphatic carbocycles. The van der Waals surface area contributed by atoms with Crippen LogP contribution in [0.5, 0.6) is 0 Å². The highest BCUT2D eigenvalue weighted by atomic mass is 16.2. The molecule has 120 valence electrons. The average Bonchev–Trinajstić information content (AvgIpc) is 3.06. The van der Waals surface area contributed by atoms with E-state index in [-0.39, 0.29) is 30.8 Å². The van der Waals surface area contributed by atoms with E-state index in [0.717, 1.165) is 35.8 Å². The Morgan fingerprint density at radius 3 is 2.74 bits per heavy atom. The molecule has 0 saturated carbocycles. The molecule has 2 aromatic carbocycles. The maximum absolute atomic E-state index is 12.1. The Kier molecular flexibility index (Phi) is 4.88. The van der Waals surface area contributed by atoms with Gasteiger partial charge in [0.25, 0.3) is 0 Å². The summed E-state index contributed by atoms with van der Waals surface area (Å²) in [6, 6.07) is 14.1. The third-order valence-corrected chi connectivity index (χ3v) is 4.10. The fourth-order valence-electron chi connectivity index (χ4n) is 2.92. The minimum absolute atomic E-state index is 0.0279. The predicted octanol–water partition coefficient (Wildman–Crippen LogP) is 0.977. The van der Waals surface area contributed by atoms with Crippen LogP contribution in [0.25, 0.3) is 10.8 Å². The predicted molar refractivity (Wildman–Crippen MR) is 90.1 cm³/mol. The molecule has 5 heteroatoms. The average molecular weight is 311 g/mol. The quantitative estimate of drug-likeness (QED) is 0.771. The van der Waals surface area contributed by atoms with Gasteiger partial charge in [-0.3, -0.25) is 9.59 Å². The van der Waals surface area contributed by atoms with Crippen molar-refractivity contribution in [3.63, 3.8) is 0 Å². The molecule has 0 bridgehead atoms. The fraction of sp³-hybridized carbons (Fsp3) is 0.333. The first-order valence-electron chi connectivity index (χ1n) is 7.96. The summed E-state index contributed by atoms with van der Waals surface area (Å²) in [7, 11) is 0. The number of nitrogens with one attached hydrogen (secondary N) is 3. The van der Waals surface area contributed by atoms with Crippen molar-refractivity contribution in [2.75, 3.05) is 19.6 Å². The number of rotatable bonds is 5. The van der Waals surface area contributed by atoms with Crippen LogP contribution >= 0.6 is 0 Å². The van der Waals surface area contributed by atoms with Gasteiger partial charge in [-0.1, -0.05) is 42.5 Å². The first-order valence-corrected chi connectivity index (χ1v) is 7.96. The van der Waals surface area contributed by atoms with E-state index in [9.17, 15) is 9.59 Å². The minimum atomic E-state index is -0.138. The van der Waals surface area contributed by atoms with Crippen molar-refractivity contribution in [1.29, 1.82) is 0 Å². The monoisotopic (exact) mass is 311 g/mol. The summed E-state index contributed by atoms with van der Waals surface area (Å²) in [6.45, 7) is 1.76. The largest absolute Gasteiger partial charge is 0.351 e. The molecule has 1 fully saturated rings. The first kappa shape index (κ1) is 15.5. The van der Waals surface area contributed by atoms with Gasteiger partial charge in [0, 0.05) is 12.6 Å². The molecule has 0 radical (unpaired) electrons.